The van der Waals surface area contributed by atoms with E-state index in [0.29, 0.717) is 44.9 Å². The lowest BCUT2D eigenvalue weighted by atomic mass is 9.93. The average molecular weight is 575 g/mol. The number of ether oxygens (including phenoxy) is 1. The first kappa shape index (κ1) is 32.8. The van der Waals surface area contributed by atoms with Crippen LogP contribution in [0, 0.1) is 11.8 Å². The van der Waals surface area contributed by atoms with Gasteiger partial charge in [-0.25, -0.2) is 0 Å². The van der Waals surface area contributed by atoms with Crippen LogP contribution in [0.15, 0.2) is 86.0 Å². The molecule has 0 heterocycles. The average Bonchev–Trinajstić information content (AvgIpc) is 3.46. The molecule has 0 bridgehead atoms. The Hall–Kier alpha value is -3.71. The quantitative estimate of drug-likeness (QED) is 0.170. The van der Waals surface area contributed by atoms with Crippen LogP contribution in [0.3, 0.4) is 0 Å². The minimum absolute atomic E-state index is 0.0281. The van der Waals surface area contributed by atoms with Crippen molar-refractivity contribution in [1.82, 2.24) is 10.6 Å². The van der Waals surface area contributed by atoms with E-state index in [-0.39, 0.29) is 43.3 Å². The van der Waals surface area contributed by atoms with E-state index in [2.05, 4.69) is 23.8 Å². The molecule has 0 aliphatic heterocycles. The smallest absolute Gasteiger partial charge is 0.309 e. The molecule has 3 N–H and O–H groups in total. The van der Waals surface area contributed by atoms with Crippen molar-refractivity contribution in [3.8, 4) is 0 Å². The normalized spacial score (nSPS) is 16.0. The molecule has 0 aromatic heterocycles. The van der Waals surface area contributed by atoms with Crippen LogP contribution in [0.1, 0.15) is 62.5 Å². The van der Waals surface area contributed by atoms with Crippen LogP contribution in [0.2, 0.25) is 0 Å². The molecule has 2 aromatic carbocycles. The van der Waals surface area contributed by atoms with Crippen LogP contribution < -0.4 is 10.6 Å². The Labute approximate surface area is 250 Å². The molecule has 0 radical (unpaired) electrons. The molecule has 2 amide bonds. The molecule has 1 aliphatic carbocycles. The second-order valence-corrected chi connectivity index (χ2v) is 11.4. The van der Waals surface area contributed by atoms with Gasteiger partial charge >= 0.3 is 5.97 Å². The maximum atomic E-state index is 13.5. The molecule has 3 atom stereocenters. The van der Waals surface area contributed by atoms with Crippen molar-refractivity contribution < 1.29 is 24.2 Å². The van der Waals surface area contributed by atoms with Gasteiger partial charge in [0.25, 0.3) is 0 Å². The van der Waals surface area contributed by atoms with E-state index in [1.54, 1.807) is 6.08 Å². The molecule has 226 valence electrons. The van der Waals surface area contributed by atoms with E-state index in [4.69, 9.17) is 4.74 Å². The summed E-state index contributed by atoms with van der Waals surface area (Å²) in [6.07, 6.45) is 9.45. The van der Waals surface area contributed by atoms with Gasteiger partial charge in [0.15, 0.2) is 0 Å². The Morgan fingerprint density at radius 2 is 1.52 bits per heavy atom. The number of nitrogens with one attached hydrogen (secondary N) is 2. The van der Waals surface area contributed by atoms with Crippen molar-refractivity contribution in [3.05, 3.63) is 97.1 Å². The van der Waals surface area contributed by atoms with Crippen LogP contribution in [-0.2, 0) is 32.0 Å². The highest BCUT2D eigenvalue weighted by Crippen LogP contribution is 2.31. The first-order valence-corrected chi connectivity index (χ1v) is 15.1. The summed E-state index contributed by atoms with van der Waals surface area (Å²) in [4.78, 5) is 39.6. The topological polar surface area (TPSA) is 105 Å². The molecule has 2 aromatic rings. The van der Waals surface area contributed by atoms with Crippen molar-refractivity contribution >= 4 is 17.8 Å². The number of benzene rings is 2. The number of aliphatic hydroxyl groups is 1. The second-order valence-electron chi connectivity index (χ2n) is 11.4. The minimum atomic E-state index is -0.653. The third-order valence-electron chi connectivity index (χ3n) is 7.98. The van der Waals surface area contributed by atoms with Gasteiger partial charge < -0.3 is 20.5 Å². The molecular weight excluding hydrogens is 528 g/mol. The molecular formula is C35H46N2O5. The molecule has 1 saturated carbocycles. The fraction of sp³-hybridized carbons (Fsp3) is 0.457. The minimum Gasteiger partial charge on any atom is -0.463 e. The van der Waals surface area contributed by atoms with Gasteiger partial charge in [-0.3, -0.25) is 14.4 Å². The van der Waals surface area contributed by atoms with Gasteiger partial charge in [-0.15, -0.1) is 13.2 Å². The maximum absolute atomic E-state index is 13.5. The molecule has 0 saturated heterocycles. The van der Waals surface area contributed by atoms with Gasteiger partial charge in [-0.2, -0.15) is 0 Å². The number of rotatable bonds is 18. The second kappa shape index (κ2) is 17.3. The summed E-state index contributed by atoms with van der Waals surface area (Å²) in [5, 5.41) is 15.9. The van der Waals surface area contributed by atoms with Crippen LogP contribution in [0.4, 0.5) is 0 Å². The monoisotopic (exact) mass is 574 g/mol. The lowest BCUT2D eigenvalue weighted by Gasteiger charge is -2.32. The Balaban J connectivity index is 1.60. The number of esters is 1. The first-order chi connectivity index (χ1) is 20.4. The lowest BCUT2D eigenvalue weighted by Crippen LogP contribution is -2.53. The van der Waals surface area contributed by atoms with Crippen LogP contribution in [0.25, 0.3) is 0 Å². The number of hydrogen-bond acceptors (Lipinski definition) is 5. The van der Waals surface area contributed by atoms with E-state index in [1.165, 1.54) is 0 Å². The lowest BCUT2D eigenvalue weighted by molar-refractivity contribution is -0.152. The summed E-state index contributed by atoms with van der Waals surface area (Å²) < 4.78 is 5.89. The number of amides is 2. The van der Waals surface area contributed by atoms with Gasteiger partial charge in [0.2, 0.25) is 11.8 Å². The van der Waals surface area contributed by atoms with E-state index in [1.807, 2.05) is 66.7 Å². The molecule has 3 rings (SSSR count). The molecule has 7 nitrogen and oxygen atoms in total. The van der Waals surface area contributed by atoms with Crippen molar-refractivity contribution in [2.45, 2.75) is 75.8 Å². The molecule has 7 heteroatoms. The Morgan fingerprint density at radius 1 is 0.905 bits per heavy atom. The highest BCUT2D eigenvalue weighted by molar-refractivity contribution is 5.86. The number of allylic oxidation sites excluding steroid dienone is 2. The van der Waals surface area contributed by atoms with Crippen molar-refractivity contribution in [1.29, 1.82) is 0 Å². The highest BCUT2D eigenvalue weighted by atomic mass is 16.5. The zero-order valence-corrected chi connectivity index (χ0v) is 24.6. The van der Waals surface area contributed by atoms with Gasteiger partial charge in [0, 0.05) is 6.42 Å². The fourth-order valence-corrected chi connectivity index (χ4v) is 5.62. The zero-order chi connectivity index (χ0) is 30.2. The van der Waals surface area contributed by atoms with Crippen LogP contribution in [0.5, 0.6) is 0 Å². The summed E-state index contributed by atoms with van der Waals surface area (Å²) in [7, 11) is 0. The van der Waals surface area contributed by atoms with Crippen molar-refractivity contribution in [3.63, 3.8) is 0 Å². The standard InChI is InChI=1S/C35H46N2O5/c1-3-5-19-30(22-27-15-8-6-9-16-27)34(41)42-26-35(20-12-13-21-35)37-33(40)29(14-4-2)24-32(39)36-31(25-38)23-28-17-10-7-11-18-28/h3-4,6-11,15-18,29-31,38H,1-2,5,12-14,19-26H2,(H,36,39)(H,37,40)/t29-,30-,31+/m1/s1. The maximum Gasteiger partial charge on any atom is 0.309 e. The van der Waals surface area contributed by atoms with Crippen molar-refractivity contribution in [2.24, 2.45) is 11.8 Å². The number of aliphatic hydroxyl groups excluding tert-OH is 1. The number of hydrogen-bond donors (Lipinski definition) is 3. The highest BCUT2D eigenvalue weighted by Gasteiger charge is 2.39. The molecule has 1 aliphatic rings. The van der Waals surface area contributed by atoms with Gasteiger partial charge in [0.05, 0.1) is 30.0 Å². The van der Waals surface area contributed by atoms with E-state index < -0.39 is 17.5 Å². The Kier molecular flexibility index (Phi) is 13.5. The first-order valence-electron chi connectivity index (χ1n) is 15.1. The Morgan fingerprint density at radius 3 is 2.10 bits per heavy atom. The van der Waals surface area contributed by atoms with Gasteiger partial charge in [-0.1, -0.05) is 85.7 Å². The third-order valence-corrected chi connectivity index (χ3v) is 7.98. The van der Waals surface area contributed by atoms with Crippen LogP contribution in [-0.4, -0.2) is 47.7 Å². The third kappa shape index (κ3) is 10.6. The number of carbonyl (C=O) groups is 3. The van der Waals surface area contributed by atoms with Crippen molar-refractivity contribution in [2.75, 3.05) is 13.2 Å². The SMILES string of the molecule is C=CCC[C@H](Cc1ccccc1)C(=O)OCC1(NC(=O)[C@H](CC=C)CC(=O)N[C@H](CO)Cc2ccccc2)CCCC1. The molecule has 1 fully saturated rings. The summed E-state index contributed by atoms with van der Waals surface area (Å²) in [6.45, 7) is 7.48. The van der Waals surface area contributed by atoms with E-state index >= 15 is 0 Å². The molecule has 0 spiro atoms. The van der Waals surface area contributed by atoms with Gasteiger partial charge in [-0.05, 0) is 56.1 Å². The summed E-state index contributed by atoms with van der Waals surface area (Å²) in [5.41, 5.74) is 1.43. The largest absolute Gasteiger partial charge is 0.463 e. The van der Waals surface area contributed by atoms with E-state index in [9.17, 15) is 19.5 Å². The number of carbonyl (C=O) groups excluding carboxylic acids is 3. The molecule has 0 unspecified atom stereocenters. The summed E-state index contributed by atoms with van der Waals surface area (Å²) in [6, 6.07) is 19.1. The molecule has 42 heavy (non-hydrogen) atoms. The van der Waals surface area contributed by atoms with Crippen LogP contribution >= 0.6 is 0 Å². The summed E-state index contributed by atoms with van der Waals surface area (Å²) >= 11 is 0. The summed E-state index contributed by atoms with van der Waals surface area (Å²) in [5.74, 6) is -1.74. The Bertz CT molecular complexity index is 1140. The predicted molar refractivity (Wildman–Crippen MR) is 165 cm³/mol. The van der Waals surface area contributed by atoms with Gasteiger partial charge in [0.1, 0.15) is 6.61 Å². The van der Waals surface area contributed by atoms with E-state index in [0.717, 1.165) is 24.0 Å². The fourth-order valence-electron chi connectivity index (χ4n) is 5.62. The predicted octanol–water partition coefficient (Wildman–Crippen LogP) is 5.09. The zero-order valence-electron chi connectivity index (χ0n) is 24.6.